The molecular weight excluding hydrogens is 164 g/mol. The molecule has 0 saturated carbocycles. The van der Waals surface area contributed by atoms with Crippen LogP contribution < -0.4 is 11.5 Å². The molecule has 13 heavy (non-hydrogen) atoms. The van der Waals surface area contributed by atoms with Crippen molar-refractivity contribution < 1.29 is 4.74 Å². The second-order valence-corrected chi connectivity index (χ2v) is 3.24. The monoisotopic (exact) mass is 180 g/mol. The van der Waals surface area contributed by atoms with Gasteiger partial charge in [-0.05, 0) is 30.2 Å². The van der Waals surface area contributed by atoms with Gasteiger partial charge in [-0.2, -0.15) is 0 Å². The van der Waals surface area contributed by atoms with E-state index in [4.69, 9.17) is 16.2 Å². The zero-order valence-corrected chi connectivity index (χ0v) is 8.08. The van der Waals surface area contributed by atoms with E-state index in [2.05, 4.69) is 0 Å². The maximum Gasteiger partial charge on any atom is 0.0655 e. The SMILES string of the molecule is COCC(N)c1cc(C)cc(N)c1. The Bertz CT molecular complexity index is 266. The summed E-state index contributed by atoms with van der Waals surface area (Å²) in [5.41, 5.74) is 14.5. The normalized spacial score (nSPS) is 12.8. The Morgan fingerprint density at radius 3 is 2.62 bits per heavy atom. The summed E-state index contributed by atoms with van der Waals surface area (Å²) in [6.45, 7) is 2.52. The van der Waals surface area contributed by atoms with E-state index in [1.165, 1.54) is 0 Å². The van der Waals surface area contributed by atoms with Gasteiger partial charge in [0.25, 0.3) is 0 Å². The van der Waals surface area contributed by atoms with E-state index in [1.54, 1.807) is 7.11 Å². The lowest BCUT2D eigenvalue weighted by Gasteiger charge is -2.12. The summed E-state index contributed by atoms with van der Waals surface area (Å²) in [4.78, 5) is 0. The van der Waals surface area contributed by atoms with Gasteiger partial charge in [-0.25, -0.2) is 0 Å². The molecule has 1 rings (SSSR count). The molecular formula is C10H16N2O. The van der Waals surface area contributed by atoms with Crippen molar-refractivity contribution in [2.45, 2.75) is 13.0 Å². The molecule has 1 aromatic rings. The summed E-state index contributed by atoms with van der Waals surface area (Å²) >= 11 is 0. The smallest absolute Gasteiger partial charge is 0.0655 e. The fourth-order valence-corrected chi connectivity index (χ4v) is 1.33. The highest BCUT2D eigenvalue weighted by atomic mass is 16.5. The molecule has 0 aromatic heterocycles. The van der Waals surface area contributed by atoms with Crippen molar-refractivity contribution in [2.24, 2.45) is 5.73 Å². The highest BCUT2D eigenvalue weighted by molar-refractivity contribution is 5.45. The fraction of sp³-hybridized carbons (Fsp3) is 0.400. The van der Waals surface area contributed by atoms with Crippen LogP contribution in [0.3, 0.4) is 0 Å². The summed E-state index contributed by atoms with van der Waals surface area (Å²) in [6.07, 6.45) is 0. The number of hydrogen-bond donors (Lipinski definition) is 2. The summed E-state index contributed by atoms with van der Waals surface area (Å²) in [6, 6.07) is 5.74. The van der Waals surface area contributed by atoms with Gasteiger partial charge in [0, 0.05) is 12.8 Å². The Labute approximate surface area is 78.7 Å². The molecule has 0 bridgehead atoms. The predicted octanol–water partition coefficient (Wildman–Crippen LogP) is 1.22. The van der Waals surface area contributed by atoms with Crippen LogP contribution in [-0.2, 0) is 4.74 Å². The van der Waals surface area contributed by atoms with Crippen LogP contribution in [0.15, 0.2) is 18.2 Å². The van der Waals surface area contributed by atoms with Gasteiger partial charge in [-0.3, -0.25) is 0 Å². The molecule has 0 saturated heterocycles. The summed E-state index contributed by atoms with van der Waals surface area (Å²) in [7, 11) is 1.64. The number of benzene rings is 1. The molecule has 4 N–H and O–H groups in total. The van der Waals surface area contributed by atoms with Crippen LogP contribution in [-0.4, -0.2) is 13.7 Å². The molecule has 0 aliphatic heterocycles. The molecule has 3 heteroatoms. The summed E-state index contributed by atoms with van der Waals surface area (Å²) < 4.78 is 4.97. The standard InChI is InChI=1S/C10H16N2O/c1-7-3-8(5-9(11)4-7)10(12)6-13-2/h3-5,10H,6,11-12H2,1-2H3. The zero-order chi connectivity index (χ0) is 9.84. The lowest BCUT2D eigenvalue weighted by atomic mass is 10.0. The van der Waals surface area contributed by atoms with Gasteiger partial charge in [0.1, 0.15) is 0 Å². The van der Waals surface area contributed by atoms with E-state index in [0.717, 1.165) is 16.8 Å². The maximum absolute atomic E-state index is 5.86. The lowest BCUT2D eigenvalue weighted by molar-refractivity contribution is 0.181. The Hall–Kier alpha value is -1.06. The molecule has 1 unspecified atom stereocenters. The first-order valence-corrected chi connectivity index (χ1v) is 4.25. The zero-order valence-electron chi connectivity index (χ0n) is 8.08. The van der Waals surface area contributed by atoms with Crippen molar-refractivity contribution in [2.75, 3.05) is 19.5 Å². The first-order valence-electron chi connectivity index (χ1n) is 4.25. The van der Waals surface area contributed by atoms with E-state index in [-0.39, 0.29) is 6.04 Å². The van der Waals surface area contributed by atoms with Gasteiger partial charge < -0.3 is 16.2 Å². The fourth-order valence-electron chi connectivity index (χ4n) is 1.33. The summed E-state index contributed by atoms with van der Waals surface area (Å²) in [5, 5.41) is 0. The Balaban J connectivity index is 2.87. The topological polar surface area (TPSA) is 61.3 Å². The number of anilines is 1. The quantitative estimate of drug-likeness (QED) is 0.687. The minimum Gasteiger partial charge on any atom is -0.399 e. The Morgan fingerprint density at radius 1 is 1.38 bits per heavy atom. The van der Waals surface area contributed by atoms with Gasteiger partial charge in [0.15, 0.2) is 0 Å². The van der Waals surface area contributed by atoms with E-state index in [9.17, 15) is 0 Å². The van der Waals surface area contributed by atoms with Crippen molar-refractivity contribution in [3.05, 3.63) is 29.3 Å². The molecule has 0 heterocycles. The van der Waals surface area contributed by atoms with Crippen LogP contribution in [0.5, 0.6) is 0 Å². The van der Waals surface area contributed by atoms with Gasteiger partial charge in [-0.1, -0.05) is 6.07 Å². The number of ether oxygens (including phenoxy) is 1. The first kappa shape index (κ1) is 10.0. The van der Waals surface area contributed by atoms with E-state index in [1.807, 2.05) is 25.1 Å². The molecule has 3 nitrogen and oxygen atoms in total. The van der Waals surface area contributed by atoms with Gasteiger partial charge >= 0.3 is 0 Å². The molecule has 0 fully saturated rings. The maximum atomic E-state index is 5.86. The number of hydrogen-bond acceptors (Lipinski definition) is 3. The van der Waals surface area contributed by atoms with Crippen molar-refractivity contribution in [3.8, 4) is 0 Å². The third-order valence-corrected chi connectivity index (χ3v) is 1.90. The Morgan fingerprint density at radius 2 is 2.08 bits per heavy atom. The number of nitrogens with two attached hydrogens (primary N) is 2. The third kappa shape index (κ3) is 2.72. The van der Waals surface area contributed by atoms with Crippen LogP contribution in [0.4, 0.5) is 5.69 Å². The van der Waals surface area contributed by atoms with Crippen LogP contribution in [0.25, 0.3) is 0 Å². The van der Waals surface area contributed by atoms with Crippen LogP contribution >= 0.6 is 0 Å². The van der Waals surface area contributed by atoms with E-state index < -0.39 is 0 Å². The number of aryl methyl sites for hydroxylation is 1. The van der Waals surface area contributed by atoms with Crippen LogP contribution in [0.2, 0.25) is 0 Å². The largest absolute Gasteiger partial charge is 0.399 e. The van der Waals surface area contributed by atoms with Crippen molar-refractivity contribution in [3.63, 3.8) is 0 Å². The van der Waals surface area contributed by atoms with E-state index in [0.29, 0.717) is 6.61 Å². The minimum atomic E-state index is -0.0906. The molecule has 0 aliphatic rings. The van der Waals surface area contributed by atoms with Crippen LogP contribution in [0.1, 0.15) is 17.2 Å². The van der Waals surface area contributed by atoms with Gasteiger partial charge in [0.05, 0.1) is 12.6 Å². The number of methoxy groups -OCH3 is 1. The van der Waals surface area contributed by atoms with Gasteiger partial charge in [0.2, 0.25) is 0 Å². The predicted molar refractivity (Wildman–Crippen MR) is 54.4 cm³/mol. The highest BCUT2D eigenvalue weighted by Gasteiger charge is 2.05. The Kier molecular flexibility index (Phi) is 3.28. The van der Waals surface area contributed by atoms with Gasteiger partial charge in [-0.15, -0.1) is 0 Å². The van der Waals surface area contributed by atoms with Crippen LogP contribution in [0, 0.1) is 6.92 Å². The lowest BCUT2D eigenvalue weighted by Crippen LogP contribution is -2.16. The molecule has 0 aliphatic carbocycles. The molecule has 0 amide bonds. The molecule has 0 radical (unpaired) electrons. The van der Waals surface area contributed by atoms with Crippen molar-refractivity contribution in [1.29, 1.82) is 0 Å². The summed E-state index contributed by atoms with van der Waals surface area (Å²) in [5.74, 6) is 0. The molecule has 1 atom stereocenters. The van der Waals surface area contributed by atoms with Crippen molar-refractivity contribution in [1.82, 2.24) is 0 Å². The second kappa shape index (κ2) is 4.25. The molecule has 1 aromatic carbocycles. The average Bonchev–Trinajstić information content (AvgIpc) is 2.03. The number of nitrogen functional groups attached to an aromatic ring is 1. The number of rotatable bonds is 3. The van der Waals surface area contributed by atoms with Crippen molar-refractivity contribution >= 4 is 5.69 Å². The molecule has 0 spiro atoms. The average molecular weight is 180 g/mol. The van der Waals surface area contributed by atoms with E-state index >= 15 is 0 Å². The second-order valence-electron chi connectivity index (χ2n) is 3.24. The first-order chi connectivity index (χ1) is 6.13. The third-order valence-electron chi connectivity index (χ3n) is 1.90. The molecule has 72 valence electrons. The highest BCUT2D eigenvalue weighted by Crippen LogP contribution is 2.16. The minimum absolute atomic E-state index is 0.0906.